The van der Waals surface area contributed by atoms with Crippen LogP contribution in [0.3, 0.4) is 0 Å². The molecule has 1 aliphatic heterocycles. The highest BCUT2D eigenvalue weighted by Gasteiger charge is 2.24. The first-order valence-corrected chi connectivity index (χ1v) is 7.13. The highest BCUT2D eigenvalue weighted by molar-refractivity contribution is 5.84. The van der Waals surface area contributed by atoms with E-state index in [9.17, 15) is 5.26 Å². The summed E-state index contributed by atoms with van der Waals surface area (Å²) in [5.74, 6) is 0.519. The number of likely N-dealkylation sites (tertiary alicyclic amines) is 1. The SMILES string of the molecule is CCN1CCCC(n2c(N)nc3c(C#N)cccc32)C1. The van der Waals surface area contributed by atoms with Crippen LogP contribution in [0.2, 0.25) is 0 Å². The van der Waals surface area contributed by atoms with Crippen molar-refractivity contribution in [2.45, 2.75) is 25.8 Å². The number of rotatable bonds is 2. The van der Waals surface area contributed by atoms with Gasteiger partial charge < -0.3 is 15.2 Å². The number of imidazole rings is 1. The lowest BCUT2D eigenvalue weighted by atomic mass is 10.1. The van der Waals surface area contributed by atoms with E-state index in [-0.39, 0.29) is 0 Å². The third kappa shape index (κ3) is 2.02. The molecule has 1 unspecified atom stereocenters. The molecule has 0 radical (unpaired) electrons. The van der Waals surface area contributed by atoms with Gasteiger partial charge in [-0.3, -0.25) is 0 Å². The largest absolute Gasteiger partial charge is 0.369 e. The Balaban J connectivity index is 2.07. The molecule has 1 aromatic heterocycles. The molecule has 0 amide bonds. The number of para-hydroxylation sites is 1. The molecule has 1 atom stereocenters. The van der Waals surface area contributed by atoms with Gasteiger partial charge in [0.25, 0.3) is 0 Å². The number of benzene rings is 1. The Labute approximate surface area is 118 Å². The molecule has 1 aliphatic rings. The van der Waals surface area contributed by atoms with E-state index < -0.39 is 0 Å². The van der Waals surface area contributed by atoms with Gasteiger partial charge in [-0.1, -0.05) is 13.0 Å². The van der Waals surface area contributed by atoms with Crippen molar-refractivity contribution >= 4 is 17.0 Å². The Hall–Kier alpha value is -2.06. The van der Waals surface area contributed by atoms with Gasteiger partial charge in [-0.2, -0.15) is 5.26 Å². The number of nitriles is 1. The minimum atomic E-state index is 0.350. The maximum Gasteiger partial charge on any atom is 0.201 e. The second-order valence-corrected chi connectivity index (χ2v) is 5.31. The van der Waals surface area contributed by atoms with Crippen LogP contribution < -0.4 is 5.73 Å². The van der Waals surface area contributed by atoms with Gasteiger partial charge in [0.15, 0.2) is 0 Å². The Kier molecular flexibility index (Phi) is 3.33. The predicted octanol–water partition coefficient (Wildman–Crippen LogP) is 2.15. The Morgan fingerprint density at radius 3 is 3.10 bits per heavy atom. The van der Waals surface area contributed by atoms with E-state index in [1.807, 2.05) is 12.1 Å². The number of aromatic nitrogens is 2. The first-order valence-electron chi connectivity index (χ1n) is 7.13. The van der Waals surface area contributed by atoms with Crippen molar-refractivity contribution in [2.75, 3.05) is 25.4 Å². The average molecular weight is 269 g/mol. The normalized spacial score (nSPS) is 20.1. The van der Waals surface area contributed by atoms with Crippen molar-refractivity contribution in [1.29, 1.82) is 5.26 Å². The molecular weight excluding hydrogens is 250 g/mol. The van der Waals surface area contributed by atoms with E-state index in [0.29, 0.717) is 17.6 Å². The molecule has 1 saturated heterocycles. The zero-order valence-corrected chi connectivity index (χ0v) is 11.7. The molecule has 0 spiro atoms. The first kappa shape index (κ1) is 12.9. The lowest BCUT2D eigenvalue weighted by Gasteiger charge is -2.33. The number of nitrogens with two attached hydrogens (primary N) is 1. The second-order valence-electron chi connectivity index (χ2n) is 5.31. The Morgan fingerprint density at radius 2 is 2.35 bits per heavy atom. The molecule has 2 N–H and O–H groups in total. The van der Waals surface area contributed by atoms with E-state index in [1.54, 1.807) is 6.07 Å². The fourth-order valence-electron chi connectivity index (χ4n) is 3.14. The van der Waals surface area contributed by atoms with Crippen molar-refractivity contribution in [2.24, 2.45) is 0 Å². The van der Waals surface area contributed by atoms with E-state index >= 15 is 0 Å². The molecule has 3 rings (SSSR count). The van der Waals surface area contributed by atoms with Gasteiger partial charge in [0.05, 0.1) is 11.1 Å². The van der Waals surface area contributed by atoms with E-state index in [4.69, 9.17) is 5.73 Å². The van der Waals surface area contributed by atoms with Gasteiger partial charge in [-0.25, -0.2) is 4.98 Å². The van der Waals surface area contributed by atoms with Crippen LogP contribution in [0, 0.1) is 11.3 Å². The number of anilines is 1. The summed E-state index contributed by atoms with van der Waals surface area (Å²) in [6, 6.07) is 8.24. The number of hydrogen-bond acceptors (Lipinski definition) is 4. The van der Waals surface area contributed by atoms with Gasteiger partial charge in [-0.15, -0.1) is 0 Å². The number of hydrogen-bond donors (Lipinski definition) is 1. The Morgan fingerprint density at radius 1 is 1.50 bits per heavy atom. The quantitative estimate of drug-likeness (QED) is 0.906. The van der Waals surface area contributed by atoms with Crippen molar-refractivity contribution in [3.05, 3.63) is 23.8 Å². The van der Waals surface area contributed by atoms with Crippen molar-refractivity contribution < 1.29 is 0 Å². The van der Waals surface area contributed by atoms with Gasteiger partial charge in [0.1, 0.15) is 11.6 Å². The van der Waals surface area contributed by atoms with Gasteiger partial charge in [0, 0.05) is 12.6 Å². The van der Waals surface area contributed by atoms with Crippen LogP contribution in [-0.4, -0.2) is 34.1 Å². The topological polar surface area (TPSA) is 70.9 Å². The summed E-state index contributed by atoms with van der Waals surface area (Å²) < 4.78 is 2.11. The van der Waals surface area contributed by atoms with Crippen LogP contribution in [-0.2, 0) is 0 Å². The molecular formula is C15H19N5. The third-order valence-corrected chi connectivity index (χ3v) is 4.16. The molecule has 0 saturated carbocycles. The monoisotopic (exact) mass is 269 g/mol. The number of likely N-dealkylation sites (N-methyl/N-ethyl adjacent to an activating group) is 1. The zero-order valence-electron chi connectivity index (χ0n) is 11.7. The summed E-state index contributed by atoms with van der Waals surface area (Å²) in [5, 5.41) is 9.18. The number of piperidine rings is 1. The molecule has 1 fully saturated rings. The van der Waals surface area contributed by atoms with Crippen LogP contribution >= 0.6 is 0 Å². The van der Waals surface area contributed by atoms with Crippen molar-refractivity contribution in [3.8, 4) is 6.07 Å². The average Bonchev–Trinajstić information content (AvgIpc) is 2.83. The summed E-state index contributed by atoms with van der Waals surface area (Å²) >= 11 is 0. The highest BCUT2D eigenvalue weighted by atomic mass is 15.2. The summed E-state index contributed by atoms with van der Waals surface area (Å²) in [7, 11) is 0. The minimum Gasteiger partial charge on any atom is -0.369 e. The summed E-state index contributed by atoms with van der Waals surface area (Å²) in [6.07, 6.45) is 2.29. The summed E-state index contributed by atoms with van der Waals surface area (Å²) in [6.45, 7) is 5.41. The maximum absolute atomic E-state index is 9.18. The van der Waals surface area contributed by atoms with Crippen LogP contribution in [0.5, 0.6) is 0 Å². The van der Waals surface area contributed by atoms with Crippen molar-refractivity contribution in [1.82, 2.24) is 14.5 Å². The van der Waals surface area contributed by atoms with E-state index in [0.717, 1.165) is 37.1 Å². The van der Waals surface area contributed by atoms with Crippen LogP contribution in [0.25, 0.3) is 11.0 Å². The van der Waals surface area contributed by atoms with Gasteiger partial charge >= 0.3 is 0 Å². The van der Waals surface area contributed by atoms with Crippen molar-refractivity contribution in [3.63, 3.8) is 0 Å². The highest BCUT2D eigenvalue weighted by Crippen LogP contribution is 2.30. The second kappa shape index (κ2) is 5.14. The lowest BCUT2D eigenvalue weighted by molar-refractivity contribution is 0.188. The van der Waals surface area contributed by atoms with Gasteiger partial charge in [0.2, 0.25) is 5.95 Å². The standard InChI is InChI=1S/C15H19N5/c1-2-19-8-4-6-12(10-19)20-13-7-3-5-11(9-16)14(13)18-15(20)17/h3,5,7,12H,2,4,6,8,10H2,1H3,(H2,17,18). The number of nitrogen functional groups attached to an aromatic ring is 1. The van der Waals surface area contributed by atoms with E-state index in [2.05, 4.69) is 27.4 Å². The molecule has 5 heteroatoms. The summed E-state index contributed by atoms with van der Waals surface area (Å²) in [4.78, 5) is 6.85. The maximum atomic E-state index is 9.18. The fourth-order valence-corrected chi connectivity index (χ4v) is 3.14. The zero-order chi connectivity index (χ0) is 14.1. The van der Waals surface area contributed by atoms with Crippen LogP contribution in [0.1, 0.15) is 31.4 Å². The number of fused-ring (bicyclic) bond motifs is 1. The van der Waals surface area contributed by atoms with Crippen LogP contribution in [0.4, 0.5) is 5.95 Å². The molecule has 5 nitrogen and oxygen atoms in total. The molecule has 0 bridgehead atoms. The summed E-state index contributed by atoms with van der Waals surface area (Å²) in [5.41, 5.74) is 8.41. The molecule has 1 aromatic carbocycles. The molecule has 20 heavy (non-hydrogen) atoms. The molecule has 104 valence electrons. The van der Waals surface area contributed by atoms with Crippen LogP contribution in [0.15, 0.2) is 18.2 Å². The lowest BCUT2D eigenvalue weighted by Crippen LogP contribution is -2.36. The first-order chi connectivity index (χ1) is 9.74. The molecule has 2 heterocycles. The van der Waals surface area contributed by atoms with E-state index in [1.165, 1.54) is 6.42 Å². The fraction of sp³-hybridized carbons (Fsp3) is 0.467. The third-order valence-electron chi connectivity index (χ3n) is 4.16. The molecule has 0 aliphatic carbocycles. The molecule has 2 aromatic rings. The smallest absolute Gasteiger partial charge is 0.201 e. The predicted molar refractivity (Wildman–Crippen MR) is 79.2 cm³/mol. The Bertz CT molecular complexity index is 667. The minimum absolute atomic E-state index is 0.350. The number of nitrogens with zero attached hydrogens (tertiary/aromatic N) is 4. The van der Waals surface area contributed by atoms with Gasteiger partial charge in [-0.05, 0) is 38.1 Å².